The van der Waals surface area contributed by atoms with E-state index in [-0.39, 0.29) is 29.8 Å². The fourth-order valence-corrected chi connectivity index (χ4v) is 4.81. The summed E-state index contributed by atoms with van der Waals surface area (Å²) in [6.07, 6.45) is -1.50. The molecule has 1 amide bonds. The van der Waals surface area contributed by atoms with E-state index in [4.69, 9.17) is 4.74 Å². The molecule has 0 radical (unpaired) electrons. The van der Waals surface area contributed by atoms with Gasteiger partial charge in [0.1, 0.15) is 29.9 Å². The minimum atomic E-state index is -1.42. The molecule has 0 saturated carbocycles. The number of nitrogens with one attached hydrogen (secondary N) is 1. The summed E-state index contributed by atoms with van der Waals surface area (Å²) in [6.45, 7) is 4.48. The molecule has 2 fully saturated rings. The van der Waals surface area contributed by atoms with Crippen LogP contribution < -0.4 is 5.32 Å². The van der Waals surface area contributed by atoms with Gasteiger partial charge in [0.15, 0.2) is 0 Å². The Labute approximate surface area is 182 Å². The zero-order valence-corrected chi connectivity index (χ0v) is 19.0. The van der Waals surface area contributed by atoms with Gasteiger partial charge < -0.3 is 36.0 Å². The second-order valence-electron chi connectivity index (χ2n) is 7.80. The Kier molecular flexibility index (Phi) is 12.6. The third-order valence-corrected chi connectivity index (χ3v) is 6.51. The predicted molar refractivity (Wildman–Crippen MR) is 114 cm³/mol. The van der Waals surface area contributed by atoms with Crippen molar-refractivity contribution in [2.75, 3.05) is 19.8 Å². The van der Waals surface area contributed by atoms with Gasteiger partial charge in [0.05, 0.1) is 18.2 Å². The molecular weight excluding hydrogens is 424 g/mol. The number of hydrogen-bond acceptors (Lipinski definition) is 8. The fourth-order valence-electron chi connectivity index (χ4n) is 4.13. The van der Waals surface area contributed by atoms with Crippen LogP contribution in [0.2, 0.25) is 0 Å². The zero-order valence-electron chi connectivity index (χ0n) is 17.4. The molecule has 11 heteroatoms. The summed E-state index contributed by atoms with van der Waals surface area (Å²) in [4.78, 5) is 14.9. The first kappa shape index (κ1) is 28.8. The number of likely N-dealkylation sites (tertiary alicyclic amines) is 1. The number of amides is 1. The van der Waals surface area contributed by atoms with Crippen molar-refractivity contribution in [3.63, 3.8) is 0 Å². The molecule has 0 aliphatic carbocycles. The van der Waals surface area contributed by atoms with Gasteiger partial charge in [0, 0.05) is 6.54 Å². The van der Waals surface area contributed by atoms with Gasteiger partial charge in [0.2, 0.25) is 5.91 Å². The molecule has 9 atom stereocenters. The van der Waals surface area contributed by atoms with Crippen molar-refractivity contribution in [1.82, 2.24) is 10.2 Å². The number of nitrogens with zero attached hydrogens (tertiary/aromatic N) is 1. The molecule has 0 spiro atoms. The second kappa shape index (κ2) is 12.6. The van der Waals surface area contributed by atoms with Gasteiger partial charge in [-0.2, -0.15) is 0 Å². The van der Waals surface area contributed by atoms with Crippen LogP contribution in [-0.2, 0) is 9.53 Å². The lowest BCUT2D eigenvalue weighted by molar-refractivity contribution is -0.211. The van der Waals surface area contributed by atoms with E-state index in [0.29, 0.717) is 5.92 Å². The van der Waals surface area contributed by atoms with E-state index < -0.39 is 42.0 Å². The van der Waals surface area contributed by atoms with E-state index in [2.05, 4.69) is 12.2 Å². The number of likely N-dealkylation sites (N-methyl/N-ethyl adjacent to an activating group) is 1. The van der Waals surface area contributed by atoms with Gasteiger partial charge >= 0.3 is 0 Å². The molecule has 0 aromatic carbocycles. The smallest absolute Gasteiger partial charge is 0.237 e. The summed E-state index contributed by atoms with van der Waals surface area (Å²) >= 11 is 1.20. The Morgan fingerprint density at radius 3 is 2.41 bits per heavy atom. The highest BCUT2D eigenvalue weighted by Gasteiger charge is 2.48. The number of aliphatic hydroxyl groups excluding tert-OH is 4. The Morgan fingerprint density at radius 2 is 1.90 bits per heavy atom. The summed E-state index contributed by atoms with van der Waals surface area (Å²) in [5.74, 6) is 0.245. The van der Waals surface area contributed by atoms with E-state index in [1.165, 1.54) is 18.7 Å². The van der Waals surface area contributed by atoms with Crippen LogP contribution in [0.15, 0.2) is 0 Å². The van der Waals surface area contributed by atoms with Crippen LogP contribution in [0.25, 0.3) is 0 Å². The largest absolute Gasteiger partial charge is 0.412 e. The normalized spacial score (nSPS) is 37.2. The lowest BCUT2D eigenvalue weighted by Crippen LogP contribution is -2.65. The Balaban J connectivity index is 0.00000392. The van der Waals surface area contributed by atoms with Crippen LogP contribution in [0.5, 0.6) is 0 Å². The van der Waals surface area contributed by atoms with Gasteiger partial charge in [-0.15, -0.1) is 24.2 Å². The molecule has 2 aliphatic rings. The topological polar surface area (TPSA) is 154 Å². The van der Waals surface area contributed by atoms with Crippen LogP contribution in [0, 0.1) is 5.92 Å². The monoisotopic (exact) mass is 460 g/mol. The van der Waals surface area contributed by atoms with Gasteiger partial charge in [0.25, 0.3) is 0 Å². The van der Waals surface area contributed by atoms with Crippen molar-refractivity contribution in [2.24, 2.45) is 5.92 Å². The summed E-state index contributed by atoms with van der Waals surface area (Å²) < 4.78 is 5.72. The van der Waals surface area contributed by atoms with Crippen molar-refractivity contribution >= 4 is 30.1 Å². The Hall–Kier alpha value is -0.170. The predicted octanol–water partition coefficient (Wildman–Crippen LogP) is -1.26. The molecular formula is C18H37ClN2O7S. The Bertz CT molecular complexity index is 503. The van der Waals surface area contributed by atoms with Crippen molar-refractivity contribution in [1.29, 1.82) is 0 Å². The number of halogens is 1. The highest BCUT2D eigenvalue weighted by molar-refractivity contribution is 7.99. The van der Waals surface area contributed by atoms with Gasteiger partial charge in [-0.3, -0.25) is 9.69 Å². The van der Waals surface area contributed by atoms with E-state index >= 15 is 0 Å². The van der Waals surface area contributed by atoms with Gasteiger partial charge in [-0.1, -0.05) is 13.3 Å². The maximum Gasteiger partial charge on any atom is 0.237 e. The third-order valence-electron chi connectivity index (χ3n) is 5.66. The standard InChI is InChI=1S/C18H34N2O6S.ClH.H2O/c1-5-6-10-7-11(20(3)8-10)17(25)19-12(9(2)21)16-14(23)13(22)15(24)18(26-16)27-4;;/h9-16,18,21-24H,5-8H2,1-4H3,(H,19,25);1H;1H2/t9-,10-,11+,12+,13+,14-,15-,16-,18-;;/m1../s1. The molecule has 2 rings (SSSR count). The molecule has 2 aliphatic heterocycles. The lowest BCUT2D eigenvalue weighted by atomic mass is 9.92. The van der Waals surface area contributed by atoms with E-state index in [1.807, 2.05) is 11.9 Å². The first-order chi connectivity index (χ1) is 12.7. The first-order valence-corrected chi connectivity index (χ1v) is 10.9. The molecule has 0 bridgehead atoms. The molecule has 0 aromatic heterocycles. The van der Waals surface area contributed by atoms with Crippen molar-refractivity contribution in [3.8, 4) is 0 Å². The number of carbonyl (C=O) groups is 1. The lowest BCUT2D eigenvalue weighted by Gasteiger charge is -2.44. The van der Waals surface area contributed by atoms with Crippen LogP contribution in [0.1, 0.15) is 33.1 Å². The summed E-state index contributed by atoms with van der Waals surface area (Å²) in [7, 11) is 1.91. The molecule has 2 heterocycles. The van der Waals surface area contributed by atoms with Crippen molar-refractivity contribution in [3.05, 3.63) is 0 Å². The van der Waals surface area contributed by atoms with Gasteiger partial charge in [-0.25, -0.2) is 0 Å². The first-order valence-electron chi connectivity index (χ1n) is 9.62. The molecule has 9 nitrogen and oxygen atoms in total. The number of rotatable bonds is 7. The summed E-state index contributed by atoms with van der Waals surface area (Å²) in [6, 6.07) is -1.20. The van der Waals surface area contributed by atoms with Crippen LogP contribution in [0.4, 0.5) is 0 Å². The zero-order chi connectivity index (χ0) is 20.3. The highest BCUT2D eigenvalue weighted by Crippen LogP contribution is 2.30. The number of hydrogen-bond donors (Lipinski definition) is 5. The molecule has 174 valence electrons. The summed E-state index contributed by atoms with van der Waals surface area (Å²) in [5, 5.41) is 43.5. The summed E-state index contributed by atoms with van der Waals surface area (Å²) in [5.41, 5.74) is -0.755. The second-order valence-corrected chi connectivity index (χ2v) is 8.73. The Morgan fingerprint density at radius 1 is 1.28 bits per heavy atom. The number of ether oxygens (including phenoxy) is 1. The number of thioether (sulfide) groups is 1. The maximum atomic E-state index is 12.8. The van der Waals surface area contributed by atoms with E-state index in [1.54, 1.807) is 6.26 Å². The highest BCUT2D eigenvalue weighted by atomic mass is 35.5. The van der Waals surface area contributed by atoms with Crippen LogP contribution in [0.3, 0.4) is 0 Å². The van der Waals surface area contributed by atoms with Crippen LogP contribution in [-0.4, -0.2) is 105 Å². The molecule has 2 saturated heterocycles. The van der Waals surface area contributed by atoms with E-state index in [0.717, 1.165) is 25.8 Å². The van der Waals surface area contributed by atoms with Crippen molar-refractivity contribution in [2.45, 2.75) is 81.1 Å². The molecule has 0 unspecified atom stereocenters. The SMILES string of the molecule is CCC[C@@H]1C[C@@H](C(=O)N[C@H]([C@H]2O[C@H](SC)[C@H](O)[C@@H](O)[C@H]2O)[C@@H](C)O)N(C)C1.Cl.O. The quantitative estimate of drug-likeness (QED) is 0.315. The third kappa shape index (κ3) is 6.65. The number of carbonyl (C=O) groups excluding carboxylic acids is 1. The van der Waals surface area contributed by atoms with Crippen molar-refractivity contribution < 1.29 is 35.4 Å². The number of aliphatic hydroxyl groups is 4. The minimum Gasteiger partial charge on any atom is -0.412 e. The van der Waals surface area contributed by atoms with Crippen LogP contribution >= 0.6 is 24.2 Å². The van der Waals surface area contributed by atoms with E-state index in [9.17, 15) is 25.2 Å². The molecule has 0 aromatic rings. The van der Waals surface area contributed by atoms with Gasteiger partial charge in [-0.05, 0) is 39.0 Å². The average Bonchev–Trinajstić information content (AvgIpc) is 2.99. The fraction of sp³-hybridized carbons (Fsp3) is 0.944. The maximum absolute atomic E-state index is 12.8. The molecule has 29 heavy (non-hydrogen) atoms. The molecule has 7 N–H and O–H groups in total. The minimum absolute atomic E-state index is 0. The average molecular weight is 461 g/mol.